The minimum Gasteiger partial charge on any atom is -0.422 e. The molecule has 1 aromatic carbocycles. The number of aromatic nitrogens is 5. The Morgan fingerprint density at radius 2 is 2.15 bits per heavy atom. The molecular formula is C11H9ClN6OS. The van der Waals surface area contributed by atoms with Gasteiger partial charge in [0.25, 0.3) is 0 Å². The van der Waals surface area contributed by atoms with Gasteiger partial charge in [0.05, 0.1) is 6.54 Å². The maximum absolute atomic E-state index is 5.77. The van der Waals surface area contributed by atoms with Crippen molar-refractivity contribution in [1.82, 2.24) is 25.6 Å². The minimum absolute atomic E-state index is 0.185. The summed E-state index contributed by atoms with van der Waals surface area (Å²) in [6, 6.07) is 7.62. The number of benzene rings is 1. The van der Waals surface area contributed by atoms with Crippen molar-refractivity contribution in [1.29, 1.82) is 0 Å². The molecule has 7 nitrogen and oxygen atoms in total. The predicted molar refractivity (Wildman–Crippen MR) is 75.1 cm³/mol. The van der Waals surface area contributed by atoms with Crippen LogP contribution in [0.15, 0.2) is 30.5 Å². The first-order chi connectivity index (χ1) is 9.79. The highest BCUT2D eigenvalue weighted by Gasteiger charge is 2.02. The molecule has 0 spiro atoms. The van der Waals surface area contributed by atoms with E-state index in [1.165, 1.54) is 11.3 Å². The summed E-state index contributed by atoms with van der Waals surface area (Å²) < 4.78 is 5.92. The first kappa shape index (κ1) is 12.8. The molecule has 0 saturated carbocycles. The van der Waals surface area contributed by atoms with E-state index in [1.54, 1.807) is 6.20 Å². The van der Waals surface area contributed by atoms with Crippen molar-refractivity contribution in [2.45, 2.75) is 6.54 Å². The molecule has 2 aromatic heterocycles. The van der Waals surface area contributed by atoms with Crippen LogP contribution in [-0.2, 0) is 6.54 Å². The van der Waals surface area contributed by atoms with E-state index < -0.39 is 0 Å². The Labute approximate surface area is 123 Å². The third-order valence-corrected chi connectivity index (χ3v) is 3.50. The van der Waals surface area contributed by atoms with E-state index in [0.29, 0.717) is 16.8 Å². The summed E-state index contributed by atoms with van der Waals surface area (Å²) in [7, 11) is 0. The van der Waals surface area contributed by atoms with Gasteiger partial charge in [-0.15, -0.1) is 11.3 Å². The number of tetrazole rings is 1. The van der Waals surface area contributed by atoms with Gasteiger partial charge in [-0.2, -0.15) is 5.21 Å². The van der Waals surface area contributed by atoms with Gasteiger partial charge < -0.3 is 10.1 Å². The monoisotopic (exact) mass is 308 g/mol. The van der Waals surface area contributed by atoms with E-state index in [0.717, 1.165) is 10.6 Å². The number of anilines is 1. The van der Waals surface area contributed by atoms with Crippen molar-refractivity contribution < 1.29 is 4.74 Å². The van der Waals surface area contributed by atoms with Gasteiger partial charge in [0.1, 0.15) is 5.75 Å². The van der Waals surface area contributed by atoms with Crippen LogP contribution in [0.25, 0.3) is 0 Å². The number of halogens is 1. The molecular weight excluding hydrogens is 300 g/mol. The first-order valence-electron chi connectivity index (χ1n) is 5.65. The molecule has 102 valence electrons. The SMILES string of the molecule is Clc1ncc(CNc2ccc(Oc3nn[nH]n3)cc2)s1. The number of H-pyrrole nitrogens is 1. The third-order valence-electron chi connectivity index (χ3n) is 2.38. The molecule has 0 radical (unpaired) electrons. The lowest BCUT2D eigenvalue weighted by molar-refractivity contribution is 0.442. The van der Waals surface area contributed by atoms with Crippen LogP contribution in [0.2, 0.25) is 4.47 Å². The quantitative estimate of drug-likeness (QED) is 0.753. The summed E-state index contributed by atoms with van der Waals surface area (Å²) in [4.78, 5) is 5.06. The molecule has 2 heterocycles. The Hall–Kier alpha value is -2.19. The van der Waals surface area contributed by atoms with E-state index in [2.05, 4.69) is 30.9 Å². The summed E-state index contributed by atoms with van der Waals surface area (Å²) in [5.74, 6) is 0.637. The molecule has 0 fully saturated rings. The van der Waals surface area contributed by atoms with Crippen LogP contribution in [-0.4, -0.2) is 25.6 Å². The van der Waals surface area contributed by atoms with Crippen LogP contribution in [0, 0.1) is 0 Å². The van der Waals surface area contributed by atoms with Crippen LogP contribution in [0.5, 0.6) is 11.8 Å². The number of ether oxygens (including phenoxy) is 1. The lowest BCUT2D eigenvalue weighted by atomic mass is 10.3. The zero-order chi connectivity index (χ0) is 13.8. The predicted octanol–water partition coefficient (Wildman–Crippen LogP) is 2.71. The Kier molecular flexibility index (Phi) is 3.75. The van der Waals surface area contributed by atoms with Crippen molar-refractivity contribution in [2.24, 2.45) is 0 Å². The van der Waals surface area contributed by atoms with Crippen LogP contribution >= 0.6 is 22.9 Å². The van der Waals surface area contributed by atoms with Gasteiger partial charge in [0, 0.05) is 16.8 Å². The lowest BCUT2D eigenvalue weighted by Gasteiger charge is -2.05. The summed E-state index contributed by atoms with van der Waals surface area (Å²) >= 11 is 7.23. The van der Waals surface area contributed by atoms with E-state index in [-0.39, 0.29) is 6.01 Å². The fraction of sp³-hybridized carbons (Fsp3) is 0.0909. The van der Waals surface area contributed by atoms with E-state index in [1.807, 2.05) is 24.3 Å². The van der Waals surface area contributed by atoms with Crippen molar-refractivity contribution in [3.8, 4) is 11.8 Å². The van der Waals surface area contributed by atoms with Gasteiger partial charge in [-0.25, -0.2) is 4.98 Å². The second-order valence-corrected chi connectivity index (χ2v) is 5.45. The molecule has 0 amide bonds. The third kappa shape index (κ3) is 3.22. The lowest BCUT2D eigenvalue weighted by Crippen LogP contribution is -1.97. The molecule has 9 heteroatoms. The van der Waals surface area contributed by atoms with Crippen LogP contribution in [0.3, 0.4) is 0 Å². The number of nitrogens with zero attached hydrogens (tertiary/aromatic N) is 4. The fourth-order valence-electron chi connectivity index (χ4n) is 1.50. The highest BCUT2D eigenvalue weighted by Crippen LogP contribution is 2.21. The number of aromatic amines is 1. The number of rotatable bonds is 5. The van der Waals surface area contributed by atoms with Crippen molar-refractivity contribution >= 4 is 28.6 Å². The average Bonchev–Trinajstić information content (AvgIpc) is 3.10. The van der Waals surface area contributed by atoms with Crippen molar-refractivity contribution in [3.05, 3.63) is 39.8 Å². The zero-order valence-corrected chi connectivity index (χ0v) is 11.6. The van der Waals surface area contributed by atoms with Crippen molar-refractivity contribution in [3.63, 3.8) is 0 Å². The second kappa shape index (κ2) is 5.85. The smallest absolute Gasteiger partial charge is 0.361 e. The van der Waals surface area contributed by atoms with Crippen LogP contribution in [0.1, 0.15) is 4.88 Å². The number of thiazole rings is 1. The molecule has 0 unspecified atom stereocenters. The highest BCUT2D eigenvalue weighted by molar-refractivity contribution is 7.15. The normalized spacial score (nSPS) is 10.4. The van der Waals surface area contributed by atoms with E-state index >= 15 is 0 Å². The molecule has 3 aromatic rings. The molecule has 2 N–H and O–H groups in total. The largest absolute Gasteiger partial charge is 0.422 e. The van der Waals surface area contributed by atoms with Crippen molar-refractivity contribution in [2.75, 3.05) is 5.32 Å². The molecule has 0 bridgehead atoms. The number of hydrogen-bond donors (Lipinski definition) is 2. The Morgan fingerprint density at radius 3 is 2.80 bits per heavy atom. The molecule has 20 heavy (non-hydrogen) atoms. The Morgan fingerprint density at radius 1 is 1.30 bits per heavy atom. The first-order valence-corrected chi connectivity index (χ1v) is 6.84. The Bertz CT molecular complexity index is 669. The average molecular weight is 309 g/mol. The molecule has 0 aliphatic heterocycles. The number of nitrogens with one attached hydrogen (secondary N) is 2. The summed E-state index contributed by atoms with van der Waals surface area (Å²) in [6.45, 7) is 0.676. The van der Waals surface area contributed by atoms with Gasteiger partial charge in [0.2, 0.25) is 0 Å². The van der Waals surface area contributed by atoms with Gasteiger partial charge >= 0.3 is 6.01 Å². The van der Waals surface area contributed by atoms with E-state index in [4.69, 9.17) is 16.3 Å². The maximum atomic E-state index is 5.77. The highest BCUT2D eigenvalue weighted by atomic mass is 35.5. The molecule has 0 atom stereocenters. The Balaban J connectivity index is 1.58. The molecule has 0 saturated heterocycles. The zero-order valence-electron chi connectivity index (χ0n) is 10.1. The topological polar surface area (TPSA) is 88.6 Å². The molecule has 3 rings (SSSR count). The number of hydrogen-bond acceptors (Lipinski definition) is 7. The van der Waals surface area contributed by atoms with Crippen LogP contribution < -0.4 is 10.1 Å². The maximum Gasteiger partial charge on any atom is 0.361 e. The minimum atomic E-state index is 0.185. The summed E-state index contributed by atoms with van der Waals surface area (Å²) in [5, 5.41) is 16.4. The van der Waals surface area contributed by atoms with E-state index in [9.17, 15) is 0 Å². The second-order valence-electron chi connectivity index (χ2n) is 3.75. The van der Waals surface area contributed by atoms with Gasteiger partial charge in [-0.3, -0.25) is 0 Å². The van der Waals surface area contributed by atoms with Gasteiger partial charge in [-0.1, -0.05) is 21.8 Å². The van der Waals surface area contributed by atoms with Gasteiger partial charge in [-0.05, 0) is 29.5 Å². The van der Waals surface area contributed by atoms with Gasteiger partial charge in [0.15, 0.2) is 4.47 Å². The summed E-state index contributed by atoms with van der Waals surface area (Å²) in [6.07, 6.45) is 1.76. The molecule has 0 aliphatic rings. The fourth-order valence-corrected chi connectivity index (χ4v) is 2.41. The molecule has 0 aliphatic carbocycles. The standard InChI is InChI=1S/C11H9ClN6OS/c12-10-14-6-9(20-10)5-13-7-1-3-8(4-2-7)19-11-15-17-18-16-11/h1-4,6,13H,5H2,(H,15,16,17,18). The van der Waals surface area contributed by atoms with Crippen LogP contribution in [0.4, 0.5) is 5.69 Å². The summed E-state index contributed by atoms with van der Waals surface area (Å²) in [5.41, 5.74) is 0.968.